The number of carbonyl (C=O) groups is 2. The van der Waals surface area contributed by atoms with Crippen molar-refractivity contribution in [2.75, 3.05) is 13.1 Å². The van der Waals surface area contributed by atoms with E-state index in [2.05, 4.69) is 0 Å². The molecule has 1 unspecified atom stereocenters. The molecule has 124 valence electrons. The zero-order valence-corrected chi connectivity index (χ0v) is 14.6. The standard InChI is InChI=1S/C19H17Cl2NO2/c20-16-7-3-13(4-8-16)18(23)15-2-1-11-22(12-15)19(24)14-5-9-17(21)10-6-14/h3-10,15H,1-2,11-12H2. The second kappa shape index (κ2) is 7.37. The molecule has 1 heterocycles. The average molecular weight is 362 g/mol. The molecule has 5 heteroatoms. The van der Waals surface area contributed by atoms with E-state index >= 15 is 0 Å². The second-order valence-electron chi connectivity index (χ2n) is 5.97. The molecule has 1 atom stereocenters. The summed E-state index contributed by atoms with van der Waals surface area (Å²) in [5.41, 5.74) is 1.24. The fraction of sp³-hybridized carbons (Fsp3) is 0.263. The van der Waals surface area contributed by atoms with Crippen LogP contribution in [0.1, 0.15) is 33.6 Å². The van der Waals surface area contributed by atoms with Gasteiger partial charge in [0.25, 0.3) is 5.91 Å². The number of amides is 1. The van der Waals surface area contributed by atoms with Gasteiger partial charge in [0.2, 0.25) is 0 Å². The van der Waals surface area contributed by atoms with Gasteiger partial charge in [-0.05, 0) is 61.4 Å². The van der Waals surface area contributed by atoms with E-state index in [1.165, 1.54) is 0 Å². The maximum Gasteiger partial charge on any atom is 0.253 e. The molecule has 2 aromatic rings. The molecular weight excluding hydrogens is 345 g/mol. The minimum absolute atomic E-state index is 0.0553. The van der Waals surface area contributed by atoms with Crippen molar-refractivity contribution >= 4 is 34.9 Å². The molecule has 2 aromatic carbocycles. The second-order valence-corrected chi connectivity index (χ2v) is 6.84. The van der Waals surface area contributed by atoms with Gasteiger partial charge in [-0.15, -0.1) is 0 Å². The molecule has 0 bridgehead atoms. The summed E-state index contributed by atoms with van der Waals surface area (Å²) in [4.78, 5) is 27.0. The number of piperidine rings is 1. The number of hydrogen-bond acceptors (Lipinski definition) is 2. The Kier molecular flexibility index (Phi) is 5.22. The number of nitrogens with zero attached hydrogens (tertiary/aromatic N) is 1. The fourth-order valence-corrected chi connectivity index (χ4v) is 3.25. The van der Waals surface area contributed by atoms with Crippen LogP contribution < -0.4 is 0 Å². The first-order valence-corrected chi connectivity index (χ1v) is 8.65. The summed E-state index contributed by atoms with van der Waals surface area (Å²) >= 11 is 11.7. The molecule has 0 radical (unpaired) electrons. The van der Waals surface area contributed by atoms with E-state index in [0.717, 1.165) is 12.8 Å². The summed E-state index contributed by atoms with van der Waals surface area (Å²) in [6.45, 7) is 1.12. The topological polar surface area (TPSA) is 37.4 Å². The van der Waals surface area contributed by atoms with E-state index in [4.69, 9.17) is 23.2 Å². The van der Waals surface area contributed by atoms with Gasteiger partial charge in [0.15, 0.2) is 5.78 Å². The summed E-state index contributed by atoms with van der Waals surface area (Å²) < 4.78 is 0. The first-order valence-electron chi connectivity index (χ1n) is 7.89. The van der Waals surface area contributed by atoms with Gasteiger partial charge in [-0.1, -0.05) is 23.2 Å². The van der Waals surface area contributed by atoms with Gasteiger partial charge < -0.3 is 4.90 Å². The van der Waals surface area contributed by atoms with E-state index in [1.54, 1.807) is 53.4 Å². The predicted molar refractivity (Wildman–Crippen MR) is 95.9 cm³/mol. The monoisotopic (exact) mass is 361 g/mol. The number of likely N-dealkylation sites (tertiary alicyclic amines) is 1. The van der Waals surface area contributed by atoms with Crippen molar-refractivity contribution in [1.82, 2.24) is 4.90 Å². The van der Waals surface area contributed by atoms with Gasteiger partial charge in [0, 0.05) is 40.2 Å². The number of carbonyl (C=O) groups excluding carboxylic acids is 2. The molecule has 0 N–H and O–H groups in total. The number of ketones is 1. The Morgan fingerprint density at radius 1 is 0.875 bits per heavy atom. The van der Waals surface area contributed by atoms with E-state index < -0.39 is 0 Å². The summed E-state index contributed by atoms with van der Waals surface area (Å²) in [7, 11) is 0. The molecular formula is C19H17Cl2NO2. The Bertz CT molecular complexity index is 677. The molecule has 1 aliphatic heterocycles. The third-order valence-electron chi connectivity index (χ3n) is 4.30. The van der Waals surface area contributed by atoms with Crippen molar-refractivity contribution in [3.05, 3.63) is 69.7 Å². The lowest BCUT2D eigenvalue weighted by atomic mass is 9.89. The van der Waals surface area contributed by atoms with Crippen LogP contribution in [0.25, 0.3) is 0 Å². The molecule has 3 rings (SSSR count). The fourth-order valence-electron chi connectivity index (χ4n) is 3.00. The van der Waals surface area contributed by atoms with Crippen LogP contribution in [0.15, 0.2) is 48.5 Å². The Morgan fingerprint density at radius 3 is 2.00 bits per heavy atom. The SMILES string of the molecule is O=C(c1ccc(Cl)cc1)C1CCCN(C(=O)c2ccc(Cl)cc2)C1. The minimum atomic E-state index is -0.170. The van der Waals surface area contributed by atoms with Gasteiger partial charge in [-0.25, -0.2) is 0 Å². The van der Waals surface area contributed by atoms with E-state index in [0.29, 0.717) is 34.3 Å². The lowest BCUT2D eigenvalue weighted by molar-refractivity contribution is 0.0637. The molecule has 0 aromatic heterocycles. The highest BCUT2D eigenvalue weighted by Gasteiger charge is 2.29. The zero-order chi connectivity index (χ0) is 17.1. The molecule has 0 aliphatic carbocycles. The lowest BCUT2D eigenvalue weighted by Crippen LogP contribution is -2.42. The number of halogens is 2. The van der Waals surface area contributed by atoms with Crippen molar-refractivity contribution in [1.29, 1.82) is 0 Å². The van der Waals surface area contributed by atoms with Crippen LogP contribution in [0.2, 0.25) is 10.0 Å². The average Bonchev–Trinajstić information content (AvgIpc) is 2.62. The molecule has 1 saturated heterocycles. The summed E-state index contributed by atoms with van der Waals surface area (Å²) in [6, 6.07) is 13.8. The maximum atomic E-state index is 12.7. The maximum absolute atomic E-state index is 12.7. The minimum Gasteiger partial charge on any atom is -0.338 e. The quantitative estimate of drug-likeness (QED) is 0.741. The normalized spacial score (nSPS) is 17.6. The number of hydrogen-bond donors (Lipinski definition) is 0. The third kappa shape index (κ3) is 3.80. The van der Waals surface area contributed by atoms with E-state index in [-0.39, 0.29) is 17.6 Å². The number of rotatable bonds is 3. The summed E-state index contributed by atoms with van der Waals surface area (Å²) in [6.07, 6.45) is 1.62. The summed E-state index contributed by atoms with van der Waals surface area (Å²) in [5.74, 6) is -0.156. The van der Waals surface area contributed by atoms with E-state index in [9.17, 15) is 9.59 Å². The third-order valence-corrected chi connectivity index (χ3v) is 4.80. The molecule has 3 nitrogen and oxygen atoms in total. The van der Waals surface area contributed by atoms with E-state index in [1.807, 2.05) is 0 Å². The molecule has 0 saturated carbocycles. The van der Waals surface area contributed by atoms with Gasteiger partial charge in [0.05, 0.1) is 0 Å². The van der Waals surface area contributed by atoms with Crippen LogP contribution in [0.4, 0.5) is 0 Å². The number of benzene rings is 2. The lowest BCUT2D eigenvalue weighted by Gasteiger charge is -2.32. The largest absolute Gasteiger partial charge is 0.338 e. The van der Waals surface area contributed by atoms with Crippen molar-refractivity contribution in [3.63, 3.8) is 0 Å². The van der Waals surface area contributed by atoms with Crippen molar-refractivity contribution < 1.29 is 9.59 Å². The van der Waals surface area contributed by atoms with Crippen molar-refractivity contribution in [2.24, 2.45) is 5.92 Å². The van der Waals surface area contributed by atoms with Crippen molar-refractivity contribution in [2.45, 2.75) is 12.8 Å². The highest BCUT2D eigenvalue weighted by Crippen LogP contribution is 2.23. The molecule has 24 heavy (non-hydrogen) atoms. The molecule has 1 aliphatic rings. The molecule has 1 fully saturated rings. The Balaban J connectivity index is 1.71. The number of Topliss-reactive ketones (excluding diaryl/α,β-unsaturated/α-hetero) is 1. The Labute approximate surface area is 151 Å². The first-order chi connectivity index (χ1) is 11.5. The Hall–Kier alpha value is -1.84. The summed E-state index contributed by atoms with van der Waals surface area (Å²) in [5, 5.41) is 1.20. The molecule has 1 amide bonds. The van der Waals surface area contributed by atoms with Gasteiger partial charge in [-0.3, -0.25) is 9.59 Å². The molecule has 0 spiro atoms. The Morgan fingerprint density at radius 2 is 1.42 bits per heavy atom. The van der Waals surface area contributed by atoms with Gasteiger partial charge >= 0.3 is 0 Å². The van der Waals surface area contributed by atoms with Crippen LogP contribution in [-0.4, -0.2) is 29.7 Å². The smallest absolute Gasteiger partial charge is 0.253 e. The highest BCUT2D eigenvalue weighted by atomic mass is 35.5. The van der Waals surface area contributed by atoms with Gasteiger partial charge in [0.1, 0.15) is 0 Å². The van der Waals surface area contributed by atoms with Crippen LogP contribution in [0.5, 0.6) is 0 Å². The predicted octanol–water partition coefficient (Wildman–Crippen LogP) is 4.73. The van der Waals surface area contributed by atoms with Crippen molar-refractivity contribution in [3.8, 4) is 0 Å². The van der Waals surface area contributed by atoms with Crippen LogP contribution in [0, 0.1) is 5.92 Å². The van der Waals surface area contributed by atoms with Crippen LogP contribution in [-0.2, 0) is 0 Å². The highest BCUT2D eigenvalue weighted by molar-refractivity contribution is 6.31. The van der Waals surface area contributed by atoms with Gasteiger partial charge in [-0.2, -0.15) is 0 Å². The van der Waals surface area contributed by atoms with Crippen LogP contribution in [0.3, 0.4) is 0 Å². The van der Waals surface area contributed by atoms with Crippen LogP contribution >= 0.6 is 23.2 Å². The zero-order valence-electron chi connectivity index (χ0n) is 13.0. The first kappa shape index (κ1) is 17.0.